The van der Waals surface area contributed by atoms with Gasteiger partial charge in [0.15, 0.2) is 0 Å². The molecule has 1 unspecified atom stereocenters. The van der Waals surface area contributed by atoms with Gasteiger partial charge in [-0.3, -0.25) is 10.1 Å². The van der Waals surface area contributed by atoms with Crippen molar-refractivity contribution in [2.75, 3.05) is 7.11 Å². The molecule has 0 radical (unpaired) electrons. The summed E-state index contributed by atoms with van der Waals surface area (Å²) in [6, 6.07) is 0.225. The molecule has 5 nitrogen and oxygen atoms in total. The van der Waals surface area contributed by atoms with E-state index in [1.807, 2.05) is 0 Å². The van der Waals surface area contributed by atoms with Crippen molar-refractivity contribution in [3.63, 3.8) is 0 Å². The number of carbonyl (C=O) groups excluding carboxylic acids is 1. The summed E-state index contributed by atoms with van der Waals surface area (Å²) >= 11 is 0. The van der Waals surface area contributed by atoms with Crippen LogP contribution in [0.25, 0.3) is 0 Å². The van der Waals surface area contributed by atoms with Crippen LogP contribution < -0.4 is 5.32 Å². The fourth-order valence-electron chi connectivity index (χ4n) is 4.63. The summed E-state index contributed by atoms with van der Waals surface area (Å²) in [6.45, 7) is 2.18. The second-order valence-electron chi connectivity index (χ2n) is 8.08. The molecule has 1 heterocycles. The highest BCUT2D eigenvalue weighted by molar-refractivity contribution is 5.69. The van der Waals surface area contributed by atoms with E-state index < -0.39 is 5.72 Å². The number of fused-ring (bicyclic) bond motifs is 1. The molecule has 5 heteroatoms. The molecule has 2 rings (SSSR count). The molecule has 1 aliphatic carbocycles. The second kappa shape index (κ2) is 10.4. The van der Waals surface area contributed by atoms with Gasteiger partial charge in [-0.15, -0.1) is 0 Å². The first-order chi connectivity index (χ1) is 12.5. The second-order valence-corrected chi connectivity index (χ2v) is 8.08. The van der Waals surface area contributed by atoms with E-state index in [0.29, 0.717) is 12.3 Å². The Hall–Kier alpha value is -0.910. The highest BCUT2D eigenvalue weighted by Crippen LogP contribution is 2.43. The van der Waals surface area contributed by atoms with Crippen molar-refractivity contribution >= 4 is 5.97 Å². The fraction of sp³-hybridized carbons (Fsp3) is 0.857. The first-order valence-corrected chi connectivity index (χ1v) is 10.4. The average Bonchev–Trinajstić information content (AvgIpc) is 2.91. The van der Waals surface area contributed by atoms with Crippen LogP contribution in [-0.4, -0.2) is 41.2 Å². The molecule has 2 aliphatic rings. The van der Waals surface area contributed by atoms with E-state index >= 15 is 0 Å². The monoisotopic (exact) mass is 367 g/mol. The fourth-order valence-corrected chi connectivity index (χ4v) is 4.63. The predicted molar refractivity (Wildman–Crippen MR) is 102 cm³/mol. The van der Waals surface area contributed by atoms with Crippen molar-refractivity contribution < 1.29 is 19.7 Å². The first-order valence-electron chi connectivity index (χ1n) is 10.4. The third kappa shape index (κ3) is 6.07. The Labute approximate surface area is 158 Å². The van der Waals surface area contributed by atoms with Gasteiger partial charge in [0.25, 0.3) is 0 Å². The zero-order valence-electron chi connectivity index (χ0n) is 16.5. The molecule has 5 atom stereocenters. The number of aliphatic hydroxyl groups excluding tert-OH is 1. The maximum atomic E-state index is 11.1. The third-order valence-electron chi connectivity index (χ3n) is 6.15. The van der Waals surface area contributed by atoms with Crippen LogP contribution in [0.5, 0.6) is 0 Å². The van der Waals surface area contributed by atoms with E-state index in [4.69, 9.17) is 0 Å². The quantitative estimate of drug-likeness (QED) is 0.314. The predicted octanol–water partition coefficient (Wildman–Crippen LogP) is 3.29. The minimum Gasteiger partial charge on any atom is -0.469 e. The topological polar surface area (TPSA) is 78.8 Å². The van der Waals surface area contributed by atoms with Gasteiger partial charge in [-0.1, -0.05) is 31.9 Å². The van der Waals surface area contributed by atoms with Gasteiger partial charge in [0, 0.05) is 12.5 Å². The standard InChI is InChI=1S/C21H37NO4/c1-3-4-9-13-21(25)14-12-16-17(19(23)15-18(16)22-21)10-7-5-6-8-11-20(24)26-2/h5,7,16-19,22-23,25H,3-4,6,8-15H2,1-2H3/b7-5-/t16-,17-,18-,19+,21?/m1/s1. The maximum Gasteiger partial charge on any atom is 0.305 e. The van der Waals surface area contributed by atoms with Crippen LogP contribution in [0.3, 0.4) is 0 Å². The number of hydrogen-bond donors (Lipinski definition) is 3. The van der Waals surface area contributed by atoms with Gasteiger partial charge in [0.05, 0.1) is 13.2 Å². The average molecular weight is 368 g/mol. The number of methoxy groups -OCH3 is 1. The van der Waals surface area contributed by atoms with Crippen molar-refractivity contribution in [2.45, 2.75) is 95.4 Å². The summed E-state index contributed by atoms with van der Waals surface area (Å²) in [5.41, 5.74) is -0.741. The van der Waals surface area contributed by atoms with Gasteiger partial charge in [0.1, 0.15) is 5.72 Å². The molecule has 150 valence electrons. The van der Waals surface area contributed by atoms with Crippen LogP contribution in [-0.2, 0) is 9.53 Å². The van der Waals surface area contributed by atoms with Crippen LogP contribution in [0.15, 0.2) is 12.2 Å². The van der Waals surface area contributed by atoms with Crippen LogP contribution >= 0.6 is 0 Å². The smallest absolute Gasteiger partial charge is 0.305 e. The van der Waals surface area contributed by atoms with Gasteiger partial charge in [-0.2, -0.15) is 0 Å². The van der Waals surface area contributed by atoms with E-state index in [1.165, 1.54) is 7.11 Å². The molecule has 0 aromatic heterocycles. The van der Waals surface area contributed by atoms with Crippen molar-refractivity contribution in [1.82, 2.24) is 5.32 Å². The van der Waals surface area contributed by atoms with Crippen molar-refractivity contribution in [1.29, 1.82) is 0 Å². The minimum absolute atomic E-state index is 0.160. The lowest BCUT2D eigenvalue weighted by molar-refractivity contribution is -0.140. The lowest BCUT2D eigenvalue weighted by Gasteiger charge is -2.41. The van der Waals surface area contributed by atoms with E-state index in [-0.39, 0.29) is 24.0 Å². The molecule has 0 amide bonds. The highest BCUT2D eigenvalue weighted by atomic mass is 16.5. The minimum atomic E-state index is -0.741. The number of unbranched alkanes of at least 4 members (excludes halogenated alkanes) is 3. The summed E-state index contributed by atoms with van der Waals surface area (Å²) in [5, 5.41) is 24.8. The summed E-state index contributed by atoms with van der Waals surface area (Å²) in [6.07, 6.45) is 13.6. The maximum absolute atomic E-state index is 11.1. The summed E-state index contributed by atoms with van der Waals surface area (Å²) < 4.78 is 4.64. The number of rotatable bonds is 10. The molecule has 26 heavy (non-hydrogen) atoms. The molecule has 2 fully saturated rings. The van der Waals surface area contributed by atoms with E-state index in [2.05, 4.69) is 29.1 Å². The molecule has 0 aromatic carbocycles. The zero-order valence-corrected chi connectivity index (χ0v) is 16.5. The number of allylic oxidation sites excluding steroid dienone is 2. The lowest BCUT2D eigenvalue weighted by Crippen LogP contribution is -2.56. The van der Waals surface area contributed by atoms with E-state index in [1.54, 1.807) is 0 Å². The largest absolute Gasteiger partial charge is 0.469 e. The van der Waals surface area contributed by atoms with Crippen molar-refractivity contribution in [3.8, 4) is 0 Å². The molecule has 3 N–H and O–H groups in total. The molecule has 1 saturated heterocycles. The van der Waals surface area contributed by atoms with E-state index in [9.17, 15) is 15.0 Å². The van der Waals surface area contributed by atoms with Crippen LogP contribution in [0.2, 0.25) is 0 Å². The number of piperidine rings is 1. The van der Waals surface area contributed by atoms with Gasteiger partial charge in [-0.05, 0) is 63.2 Å². The Balaban J connectivity index is 1.76. The number of hydrogen-bond acceptors (Lipinski definition) is 5. The molecule has 0 aromatic rings. The molecule has 0 spiro atoms. The van der Waals surface area contributed by atoms with E-state index in [0.717, 1.165) is 64.2 Å². The number of ether oxygens (including phenoxy) is 1. The molecule has 0 bridgehead atoms. The Morgan fingerprint density at radius 1 is 1.31 bits per heavy atom. The number of carbonyl (C=O) groups is 1. The van der Waals surface area contributed by atoms with Crippen LogP contribution in [0.4, 0.5) is 0 Å². The van der Waals surface area contributed by atoms with Crippen molar-refractivity contribution in [2.24, 2.45) is 11.8 Å². The normalized spacial score (nSPS) is 34.2. The van der Waals surface area contributed by atoms with Crippen LogP contribution in [0, 0.1) is 11.8 Å². The number of aliphatic hydroxyl groups is 2. The highest BCUT2D eigenvalue weighted by Gasteiger charge is 2.48. The number of nitrogens with one attached hydrogen (secondary N) is 1. The summed E-state index contributed by atoms with van der Waals surface area (Å²) in [4.78, 5) is 11.1. The Morgan fingerprint density at radius 3 is 2.85 bits per heavy atom. The number of esters is 1. The van der Waals surface area contributed by atoms with Gasteiger partial charge in [0.2, 0.25) is 0 Å². The molecule has 1 aliphatic heterocycles. The Bertz CT molecular complexity index is 467. The SMILES string of the molecule is CCCCCC1(O)CC[C@@H]2[C@@H](C/C=C\CCCC(=O)OC)[C@@H](O)C[C@H]2N1. The third-order valence-corrected chi connectivity index (χ3v) is 6.15. The zero-order chi connectivity index (χ0) is 19.0. The lowest BCUT2D eigenvalue weighted by atomic mass is 9.80. The van der Waals surface area contributed by atoms with Gasteiger partial charge >= 0.3 is 5.97 Å². The van der Waals surface area contributed by atoms with Gasteiger partial charge < -0.3 is 14.9 Å². The molecule has 1 saturated carbocycles. The van der Waals surface area contributed by atoms with Crippen LogP contribution in [0.1, 0.15) is 77.6 Å². The van der Waals surface area contributed by atoms with Crippen molar-refractivity contribution in [3.05, 3.63) is 12.2 Å². The first kappa shape index (κ1) is 21.4. The van der Waals surface area contributed by atoms with Gasteiger partial charge in [-0.25, -0.2) is 0 Å². The molecular formula is C21H37NO4. The summed E-state index contributed by atoms with van der Waals surface area (Å²) in [5.74, 6) is 0.549. The Morgan fingerprint density at radius 2 is 2.12 bits per heavy atom. The summed E-state index contributed by atoms with van der Waals surface area (Å²) in [7, 11) is 1.42. The molecular weight excluding hydrogens is 330 g/mol. The Kier molecular flexibility index (Phi) is 8.58.